The highest BCUT2D eigenvalue weighted by molar-refractivity contribution is 5.97. The number of anilines is 1. The third kappa shape index (κ3) is 5.39. The average molecular weight is 412 g/mol. The summed E-state index contributed by atoms with van der Waals surface area (Å²) in [5.74, 6) is -3.64. The Hall–Kier alpha value is -2.73. The summed E-state index contributed by atoms with van der Waals surface area (Å²) in [6.45, 7) is -1.12. The molecule has 1 fully saturated rings. The minimum absolute atomic E-state index is 0.0492. The molecule has 156 valence electrons. The summed E-state index contributed by atoms with van der Waals surface area (Å²) in [5, 5.41) is 13.4. The molecule has 0 aliphatic heterocycles. The molecule has 0 bridgehead atoms. The highest BCUT2D eigenvalue weighted by Gasteiger charge is 2.41. The average Bonchev–Trinajstić information content (AvgIpc) is 2.59. The minimum atomic E-state index is -4.31. The van der Waals surface area contributed by atoms with Crippen molar-refractivity contribution >= 4 is 17.4 Å². The first-order chi connectivity index (χ1) is 13.0. The van der Waals surface area contributed by atoms with Gasteiger partial charge in [-0.15, -0.1) is 0 Å². The third-order valence-electron chi connectivity index (χ3n) is 4.31. The van der Waals surface area contributed by atoms with Gasteiger partial charge in [0.15, 0.2) is 6.61 Å². The molecule has 28 heavy (non-hydrogen) atoms. The monoisotopic (exact) mass is 412 g/mol. The molecular formula is C15H17F5N4O4. The van der Waals surface area contributed by atoms with Crippen molar-refractivity contribution in [3.05, 3.63) is 21.7 Å². The summed E-state index contributed by atoms with van der Waals surface area (Å²) in [4.78, 5) is 26.0. The Morgan fingerprint density at radius 3 is 2.46 bits per heavy atom. The SMILES string of the molecule is Nc1nc(OCC(F)F)c(C(=O)N[C@H]2CC[C@H](C(F)(F)F)CC2)cc1[N+](=O)[O-]. The molecule has 0 atom stereocenters. The van der Waals surface area contributed by atoms with Crippen molar-refractivity contribution in [2.45, 2.75) is 44.3 Å². The molecule has 1 aliphatic rings. The number of rotatable bonds is 6. The van der Waals surface area contributed by atoms with Crippen LogP contribution in [0.25, 0.3) is 0 Å². The maximum Gasteiger partial charge on any atom is 0.391 e. The first kappa shape index (κ1) is 21.6. The van der Waals surface area contributed by atoms with E-state index < -0.39 is 64.9 Å². The van der Waals surface area contributed by atoms with E-state index in [9.17, 15) is 36.9 Å². The van der Waals surface area contributed by atoms with E-state index in [4.69, 9.17) is 10.5 Å². The van der Waals surface area contributed by atoms with E-state index in [1.165, 1.54) is 0 Å². The summed E-state index contributed by atoms with van der Waals surface area (Å²) >= 11 is 0. The van der Waals surface area contributed by atoms with Crippen molar-refractivity contribution in [2.24, 2.45) is 5.92 Å². The van der Waals surface area contributed by atoms with E-state index >= 15 is 0 Å². The van der Waals surface area contributed by atoms with Crippen LogP contribution in [0.15, 0.2) is 6.07 Å². The first-order valence-electron chi connectivity index (χ1n) is 8.22. The fourth-order valence-corrected chi connectivity index (χ4v) is 2.89. The molecule has 1 aliphatic carbocycles. The number of hydrogen-bond acceptors (Lipinski definition) is 6. The molecular weight excluding hydrogens is 395 g/mol. The number of nitro groups is 1. The van der Waals surface area contributed by atoms with Crippen molar-refractivity contribution in [3.63, 3.8) is 0 Å². The molecule has 0 aromatic carbocycles. The van der Waals surface area contributed by atoms with Crippen molar-refractivity contribution in [1.82, 2.24) is 10.3 Å². The number of ether oxygens (including phenoxy) is 1. The largest absolute Gasteiger partial charge is 0.471 e. The number of alkyl halides is 5. The Balaban J connectivity index is 2.16. The fraction of sp³-hybridized carbons (Fsp3) is 0.600. The van der Waals surface area contributed by atoms with Gasteiger partial charge in [-0.05, 0) is 25.7 Å². The van der Waals surface area contributed by atoms with Gasteiger partial charge in [-0.25, -0.2) is 8.78 Å². The normalized spacial score (nSPS) is 20.1. The van der Waals surface area contributed by atoms with Gasteiger partial charge in [0.05, 0.1) is 10.8 Å². The number of amides is 1. The van der Waals surface area contributed by atoms with Gasteiger partial charge in [0.2, 0.25) is 11.7 Å². The summed E-state index contributed by atoms with van der Waals surface area (Å²) in [7, 11) is 0. The number of nitrogens with two attached hydrogens (primary N) is 1. The number of pyridine rings is 1. The number of nitrogen functional groups attached to an aromatic ring is 1. The Morgan fingerprint density at radius 2 is 1.96 bits per heavy atom. The number of carbonyl (C=O) groups is 1. The highest BCUT2D eigenvalue weighted by Crippen LogP contribution is 2.37. The molecule has 0 radical (unpaired) electrons. The summed E-state index contributed by atoms with van der Waals surface area (Å²) in [6.07, 6.45) is -7.47. The molecule has 3 N–H and O–H groups in total. The lowest BCUT2D eigenvalue weighted by Gasteiger charge is -2.30. The lowest BCUT2D eigenvalue weighted by atomic mass is 9.85. The Bertz CT molecular complexity index is 736. The van der Waals surface area contributed by atoms with Gasteiger partial charge >= 0.3 is 11.9 Å². The standard InChI is InChI=1S/C15H17F5N4O4/c16-11(17)6-28-14-9(5-10(24(26)27)12(21)23-14)13(25)22-8-3-1-7(2-4-8)15(18,19)20/h5,7-8,11H,1-4,6H2,(H2,21,23)(H,22,25)/t7-,8-. The molecule has 8 nitrogen and oxygen atoms in total. The maximum atomic E-state index is 12.7. The predicted molar refractivity (Wildman–Crippen MR) is 86.1 cm³/mol. The van der Waals surface area contributed by atoms with E-state index in [2.05, 4.69) is 10.3 Å². The highest BCUT2D eigenvalue weighted by atomic mass is 19.4. The number of carbonyl (C=O) groups excluding carboxylic acids is 1. The quantitative estimate of drug-likeness (QED) is 0.421. The van der Waals surface area contributed by atoms with Gasteiger partial charge in [-0.1, -0.05) is 0 Å². The van der Waals surface area contributed by atoms with Gasteiger partial charge in [-0.3, -0.25) is 14.9 Å². The molecule has 1 saturated carbocycles. The second-order valence-electron chi connectivity index (χ2n) is 6.27. The van der Waals surface area contributed by atoms with Crippen molar-refractivity contribution < 1.29 is 36.4 Å². The van der Waals surface area contributed by atoms with Crippen molar-refractivity contribution in [3.8, 4) is 5.88 Å². The zero-order valence-corrected chi connectivity index (χ0v) is 14.3. The van der Waals surface area contributed by atoms with E-state index in [-0.39, 0.29) is 25.7 Å². The second-order valence-corrected chi connectivity index (χ2v) is 6.27. The van der Waals surface area contributed by atoms with Gasteiger partial charge in [0.1, 0.15) is 5.56 Å². The molecule has 1 aromatic rings. The molecule has 1 aromatic heterocycles. The Morgan fingerprint density at radius 1 is 1.36 bits per heavy atom. The smallest absolute Gasteiger partial charge is 0.391 e. The van der Waals surface area contributed by atoms with Crippen LogP contribution in [-0.4, -0.2) is 41.1 Å². The van der Waals surface area contributed by atoms with Gasteiger partial charge in [-0.2, -0.15) is 18.2 Å². The Labute approximate surface area is 155 Å². The molecule has 0 spiro atoms. The van der Waals surface area contributed by atoms with E-state index in [1.54, 1.807) is 0 Å². The zero-order valence-electron chi connectivity index (χ0n) is 14.3. The van der Waals surface area contributed by atoms with E-state index in [0.717, 1.165) is 6.07 Å². The lowest BCUT2D eigenvalue weighted by Crippen LogP contribution is -2.40. The van der Waals surface area contributed by atoms with Crippen molar-refractivity contribution in [2.75, 3.05) is 12.3 Å². The number of nitrogens with zero attached hydrogens (tertiary/aromatic N) is 2. The first-order valence-corrected chi connectivity index (χ1v) is 8.22. The summed E-state index contributed by atoms with van der Waals surface area (Å²) in [6, 6.07) is 0.130. The Kier molecular flexibility index (Phi) is 6.56. The van der Waals surface area contributed by atoms with Crippen LogP contribution in [0.3, 0.4) is 0 Å². The number of nitrogens with one attached hydrogen (secondary N) is 1. The molecule has 1 amide bonds. The number of halogens is 5. The van der Waals surface area contributed by atoms with Crippen LogP contribution in [0.4, 0.5) is 33.5 Å². The van der Waals surface area contributed by atoms with Crippen LogP contribution < -0.4 is 15.8 Å². The summed E-state index contributed by atoms with van der Waals surface area (Å²) < 4.78 is 67.6. The van der Waals surface area contributed by atoms with Gasteiger partial charge in [0, 0.05) is 12.1 Å². The lowest BCUT2D eigenvalue weighted by molar-refractivity contribution is -0.384. The van der Waals surface area contributed by atoms with Crippen molar-refractivity contribution in [1.29, 1.82) is 0 Å². The molecule has 0 unspecified atom stereocenters. The van der Waals surface area contributed by atoms with Gasteiger partial charge < -0.3 is 15.8 Å². The molecule has 2 rings (SSSR count). The predicted octanol–water partition coefficient (Wildman–Crippen LogP) is 3.07. The number of hydrogen-bond donors (Lipinski definition) is 2. The third-order valence-corrected chi connectivity index (χ3v) is 4.31. The minimum Gasteiger partial charge on any atom is -0.471 e. The summed E-state index contributed by atoms with van der Waals surface area (Å²) in [5.41, 5.74) is 4.15. The zero-order chi connectivity index (χ0) is 21.1. The van der Waals surface area contributed by atoms with Crippen LogP contribution in [-0.2, 0) is 0 Å². The van der Waals surface area contributed by atoms with Gasteiger partial charge in [0.25, 0.3) is 12.3 Å². The molecule has 1 heterocycles. The number of aromatic nitrogens is 1. The molecule has 0 saturated heterocycles. The molecule has 13 heteroatoms. The van der Waals surface area contributed by atoms with Crippen LogP contribution in [0.2, 0.25) is 0 Å². The van der Waals surface area contributed by atoms with Crippen LogP contribution in [0.1, 0.15) is 36.0 Å². The topological polar surface area (TPSA) is 120 Å². The van der Waals surface area contributed by atoms with E-state index in [1.807, 2.05) is 0 Å². The maximum absolute atomic E-state index is 12.7. The van der Waals surface area contributed by atoms with Crippen LogP contribution >= 0.6 is 0 Å². The van der Waals surface area contributed by atoms with E-state index in [0.29, 0.717) is 0 Å². The van der Waals surface area contributed by atoms with Crippen LogP contribution in [0, 0.1) is 16.0 Å². The fourth-order valence-electron chi connectivity index (χ4n) is 2.89. The van der Waals surface area contributed by atoms with Crippen LogP contribution in [0.5, 0.6) is 5.88 Å². The second kappa shape index (κ2) is 8.52.